The maximum Gasteiger partial charge on any atom is 0.276 e. The van der Waals surface area contributed by atoms with E-state index >= 15 is 0 Å². The van der Waals surface area contributed by atoms with Crippen molar-refractivity contribution >= 4 is 11.7 Å². The minimum atomic E-state index is -0.203. The lowest BCUT2D eigenvalue weighted by Gasteiger charge is -2.39. The van der Waals surface area contributed by atoms with Crippen LogP contribution in [0.4, 0.5) is 5.82 Å². The second kappa shape index (κ2) is 8.46. The zero-order valence-electron chi connectivity index (χ0n) is 17.0. The predicted molar refractivity (Wildman–Crippen MR) is 112 cm³/mol. The minimum Gasteiger partial charge on any atom is -0.497 e. The summed E-state index contributed by atoms with van der Waals surface area (Å²) in [5.41, 5.74) is 1.25. The highest BCUT2D eigenvalue weighted by molar-refractivity contribution is 6.00. The molecule has 0 radical (unpaired) electrons. The lowest BCUT2D eigenvalue weighted by molar-refractivity contribution is 0.0689. The number of hydrogen-bond acceptors (Lipinski definition) is 4. The second-order valence-electron chi connectivity index (χ2n) is 6.48. The van der Waals surface area contributed by atoms with Gasteiger partial charge in [-0.15, -0.1) is 12.3 Å². The molecule has 0 bridgehead atoms. The number of hydrogen-bond donors (Lipinski definition) is 0. The second-order valence-corrected chi connectivity index (χ2v) is 6.48. The van der Waals surface area contributed by atoms with Crippen molar-refractivity contribution < 1.29 is 9.53 Å². The SMILES string of the molecule is C#CCN1C(=O)c2c(nc(C#Cc3cccc(OC)c3)n2CC#CC)N(C)C1C. The first kappa shape index (κ1) is 19.9. The van der Waals surface area contributed by atoms with Crippen LogP contribution in [0.15, 0.2) is 24.3 Å². The Morgan fingerprint density at radius 3 is 2.76 bits per heavy atom. The lowest BCUT2D eigenvalue weighted by Crippen LogP contribution is -2.52. The minimum absolute atomic E-state index is 0.164. The molecule has 6 nitrogen and oxygen atoms in total. The Bertz CT molecular complexity index is 1100. The van der Waals surface area contributed by atoms with Crippen molar-refractivity contribution in [2.45, 2.75) is 26.6 Å². The van der Waals surface area contributed by atoms with Gasteiger partial charge < -0.3 is 14.5 Å². The summed E-state index contributed by atoms with van der Waals surface area (Å²) in [6, 6.07) is 7.47. The van der Waals surface area contributed by atoms with E-state index < -0.39 is 0 Å². The Balaban J connectivity index is 2.11. The van der Waals surface area contributed by atoms with Gasteiger partial charge in [-0.25, -0.2) is 4.98 Å². The van der Waals surface area contributed by atoms with E-state index in [9.17, 15) is 4.79 Å². The van der Waals surface area contributed by atoms with E-state index in [1.165, 1.54) is 0 Å². The van der Waals surface area contributed by atoms with Crippen molar-refractivity contribution in [2.24, 2.45) is 0 Å². The van der Waals surface area contributed by atoms with Crippen LogP contribution >= 0.6 is 0 Å². The number of nitrogens with zero attached hydrogens (tertiary/aromatic N) is 4. The van der Waals surface area contributed by atoms with E-state index in [1.807, 2.05) is 43.1 Å². The van der Waals surface area contributed by atoms with Crippen molar-refractivity contribution in [3.63, 3.8) is 0 Å². The average molecular weight is 386 g/mol. The molecule has 0 aliphatic carbocycles. The molecular weight excluding hydrogens is 364 g/mol. The molecule has 0 spiro atoms. The molecule has 2 heterocycles. The van der Waals surface area contributed by atoms with Crippen molar-refractivity contribution in [3.05, 3.63) is 41.3 Å². The topological polar surface area (TPSA) is 50.6 Å². The van der Waals surface area contributed by atoms with E-state index in [4.69, 9.17) is 11.2 Å². The first-order chi connectivity index (χ1) is 14.0. The van der Waals surface area contributed by atoms with Gasteiger partial charge in [0.15, 0.2) is 17.3 Å². The third-order valence-corrected chi connectivity index (χ3v) is 4.82. The molecule has 1 aromatic carbocycles. The number of rotatable bonds is 3. The van der Waals surface area contributed by atoms with Crippen LogP contribution in [-0.4, -0.2) is 47.2 Å². The summed E-state index contributed by atoms with van der Waals surface area (Å²) >= 11 is 0. The Morgan fingerprint density at radius 1 is 1.28 bits per heavy atom. The molecule has 1 aliphatic heterocycles. The number of ether oxygens (including phenoxy) is 1. The lowest BCUT2D eigenvalue weighted by atomic mass is 10.2. The van der Waals surface area contributed by atoms with Gasteiger partial charge in [0.2, 0.25) is 0 Å². The summed E-state index contributed by atoms with van der Waals surface area (Å²) < 4.78 is 7.00. The molecule has 146 valence electrons. The molecule has 29 heavy (non-hydrogen) atoms. The number of imidazole rings is 1. The van der Waals surface area contributed by atoms with E-state index in [-0.39, 0.29) is 18.6 Å². The van der Waals surface area contributed by atoms with Crippen LogP contribution in [0, 0.1) is 36.0 Å². The van der Waals surface area contributed by atoms with Gasteiger partial charge in [-0.1, -0.05) is 23.8 Å². The van der Waals surface area contributed by atoms with Crippen molar-refractivity contribution in [1.29, 1.82) is 0 Å². The molecule has 3 rings (SSSR count). The highest BCUT2D eigenvalue weighted by Crippen LogP contribution is 2.30. The van der Waals surface area contributed by atoms with Crippen LogP contribution in [0.3, 0.4) is 0 Å². The average Bonchev–Trinajstić information content (AvgIpc) is 3.11. The molecule has 1 aromatic heterocycles. The molecule has 0 N–H and O–H groups in total. The van der Waals surface area contributed by atoms with Gasteiger partial charge in [0.25, 0.3) is 5.91 Å². The number of anilines is 1. The first-order valence-corrected chi connectivity index (χ1v) is 9.15. The third-order valence-electron chi connectivity index (χ3n) is 4.82. The molecular formula is C23H22N4O2. The largest absolute Gasteiger partial charge is 0.497 e. The fourth-order valence-electron chi connectivity index (χ4n) is 3.13. The standard InChI is InChI=1S/C23H22N4O2/c1-6-8-15-27-20(13-12-18-10-9-11-19(16-18)29-5)24-22-21(27)23(28)26(14-7-2)17(3)25(22)4/h2,9-11,16-17H,14-15H2,1,3-5H3. The summed E-state index contributed by atoms with van der Waals surface area (Å²) in [4.78, 5) is 21.4. The summed E-state index contributed by atoms with van der Waals surface area (Å²) in [6.45, 7) is 4.22. The van der Waals surface area contributed by atoms with Gasteiger partial charge in [-0.3, -0.25) is 9.36 Å². The van der Waals surface area contributed by atoms with Gasteiger partial charge in [-0.2, -0.15) is 0 Å². The van der Waals surface area contributed by atoms with Gasteiger partial charge in [0, 0.05) is 12.6 Å². The van der Waals surface area contributed by atoms with Crippen LogP contribution in [0.1, 0.15) is 35.7 Å². The molecule has 1 unspecified atom stereocenters. The van der Waals surface area contributed by atoms with Crippen molar-refractivity contribution in [1.82, 2.24) is 14.5 Å². The number of aromatic nitrogens is 2. The third kappa shape index (κ3) is 3.77. The summed E-state index contributed by atoms with van der Waals surface area (Å²) in [7, 11) is 3.50. The Morgan fingerprint density at radius 2 is 2.07 bits per heavy atom. The van der Waals surface area contributed by atoms with Crippen LogP contribution in [-0.2, 0) is 6.54 Å². The fourth-order valence-corrected chi connectivity index (χ4v) is 3.13. The summed E-state index contributed by atoms with van der Waals surface area (Å²) in [5, 5.41) is 0. The van der Waals surface area contributed by atoms with Gasteiger partial charge in [-0.05, 0) is 38.0 Å². The number of fused-ring (bicyclic) bond motifs is 1. The summed E-state index contributed by atoms with van der Waals surface area (Å²) in [6.07, 6.45) is 5.27. The summed E-state index contributed by atoms with van der Waals surface area (Å²) in [5.74, 6) is 16.3. The van der Waals surface area contributed by atoms with Crippen LogP contribution in [0.5, 0.6) is 5.75 Å². The van der Waals surface area contributed by atoms with Gasteiger partial charge >= 0.3 is 0 Å². The maximum atomic E-state index is 13.1. The van der Waals surface area contributed by atoms with Gasteiger partial charge in [0.1, 0.15) is 11.9 Å². The highest BCUT2D eigenvalue weighted by atomic mass is 16.5. The van der Waals surface area contributed by atoms with E-state index in [0.717, 1.165) is 11.3 Å². The normalized spacial score (nSPS) is 14.9. The Hall–Kier alpha value is -3.82. The van der Waals surface area contributed by atoms with Crippen LogP contribution in [0.25, 0.3) is 0 Å². The number of carbonyl (C=O) groups is 1. The van der Waals surface area contributed by atoms with Crippen molar-refractivity contribution in [2.75, 3.05) is 25.6 Å². The zero-order valence-corrected chi connectivity index (χ0v) is 17.0. The maximum absolute atomic E-state index is 13.1. The number of methoxy groups -OCH3 is 1. The van der Waals surface area contributed by atoms with Gasteiger partial charge in [0.05, 0.1) is 20.2 Å². The van der Waals surface area contributed by atoms with E-state index in [1.54, 1.807) is 23.5 Å². The number of terminal acetylenes is 1. The predicted octanol–water partition coefficient (Wildman–Crippen LogP) is 2.19. The number of benzene rings is 1. The monoisotopic (exact) mass is 386 g/mol. The molecule has 6 heteroatoms. The van der Waals surface area contributed by atoms with Crippen LogP contribution in [0.2, 0.25) is 0 Å². The van der Waals surface area contributed by atoms with Crippen molar-refractivity contribution in [3.8, 4) is 41.8 Å². The highest BCUT2D eigenvalue weighted by Gasteiger charge is 2.37. The van der Waals surface area contributed by atoms with E-state index in [0.29, 0.717) is 23.9 Å². The number of carbonyl (C=O) groups excluding carboxylic acids is 1. The molecule has 1 aliphatic rings. The quantitative estimate of drug-likeness (QED) is 0.759. The van der Waals surface area contributed by atoms with Crippen LogP contribution < -0.4 is 9.64 Å². The van der Waals surface area contributed by atoms with E-state index in [2.05, 4.69) is 34.6 Å². The molecule has 1 atom stereocenters. The fraction of sp³-hybridized carbons (Fsp3) is 0.304. The molecule has 0 fully saturated rings. The Labute approximate surface area is 171 Å². The molecule has 1 amide bonds. The molecule has 0 saturated carbocycles. The number of amides is 1. The first-order valence-electron chi connectivity index (χ1n) is 9.15. The zero-order chi connectivity index (χ0) is 21.0. The molecule has 2 aromatic rings. The molecule has 0 saturated heterocycles. The smallest absolute Gasteiger partial charge is 0.276 e. The Kier molecular flexibility index (Phi) is 5.82.